The number of carboxylic acids is 1. The molecule has 0 aromatic carbocycles. The van der Waals surface area contributed by atoms with Crippen molar-refractivity contribution in [1.29, 1.82) is 0 Å². The van der Waals surface area contributed by atoms with Gasteiger partial charge in [-0.3, -0.25) is 0 Å². The van der Waals surface area contributed by atoms with E-state index in [1.54, 1.807) is 0 Å². The predicted octanol–water partition coefficient (Wildman–Crippen LogP) is 11.9. The van der Waals surface area contributed by atoms with Gasteiger partial charge in [0, 0.05) is 6.42 Å². The van der Waals surface area contributed by atoms with Gasteiger partial charge in [-0.15, -0.1) is 0 Å². The number of carboxylic acid groups (broad SMARTS) is 1. The van der Waals surface area contributed by atoms with Crippen molar-refractivity contribution in [3.63, 3.8) is 0 Å². The lowest BCUT2D eigenvalue weighted by Gasteiger charge is -2.23. The van der Waals surface area contributed by atoms with Gasteiger partial charge in [-0.05, 0) is 12.8 Å². The van der Waals surface area contributed by atoms with Crippen LogP contribution < -0.4 is 0 Å². The molecule has 40 heavy (non-hydrogen) atoms. The summed E-state index contributed by atoms with van der Waals surface area (Å²) in [4.78, 5) is 11.6. The number of aliphatic carboxylic acids is 1. The second-order valence-electron chi connectivity index (χ2n) is 12.6. The molecule has 0 saturated carbocycles. The SMILES string of the molecule is CCCCCCCCCCCCCCCCCCOC(O)(CCCCCCCCCCCCCCCC)C(=O)O. The highest BCUT2D eigenvalue weighted by Gasteiger charge is 2.36. The summed E-state index contributed by atoms with van der Waals surface area (Å²) in [5, 5.41) is 20.0. The highest BCUT2D eigenvalue weighted by Crippen LogP contribution is 2.20. The molecule has 4 heteroatoms. The molecule has 4 nitrogen and oxygen atoms in total. The first-order valence-corrected chi connectivity index (χ1v) is 18.2. The van der Waals surface area contributed by atoms with Gasteiger partial charge < -0.3 is 14.9 Å². The van der Waals surface area contributed by atoms with E-state index in [9.17, 15) is 15.0 Å². The number of hydrogen-bond donors (Lipinski definition) is 2. The zero-order valence-electron chi connectivity index (χ0n) is 27.3. The van der Waals surface area contributed by atoms with Crippen LogP contribution in [-0.2, 0) is 9.53 Å². The summed E-state index contributed by atoms with van der Waals surface area (Å²) in [6.45, 7) is 4.88. The maximum atomic E-state index is 11.6. The minimum Gasteiger partial charge on any atom is -0.477 e. The Morgan fingerprint density at radius 2 is 0.700 bits per heavy atom. The molecule has 0 heterocycles. The lowest BCUT2D eigenvalue weighted by molar-refractivity contribution is -0.226. The quantitative estimate of drug-likeness (QED) is 0.0598. The van der Waals surface area contributed by atoms with Crippen molar-refractivity contribution in [3.8, 4) is 0 Å². The third-order valence-electron chi connectivity index (χ3n) is 8.54. The molecule has 0 radical (unpaired) electrons. The van der Waals surface area contributed by atoms with Crippen molar-refractivity contribution in [1.82, 2.24) is 0 Å². The van der Waals surface area contributed by atoms with Gasteiger partial charge in [-0.1, -0.05) is 194 Å². The molecule has 0 aliphatic carbocycles. The van der Waals surface area contributed by atoms with E-state index < -0.39 is 11.8 Å². The average Bonchev–Trinajstić information content (AvgIpc) is 2.94. The Balaban J connectivity index is 3.51. The van der Waals surface area contributed by atoms with Gasteiger partial charge in [-0.2, -0.15) is 0 Å². The van der Waals surface area contributed by atoms with Crippen molar-refractivity contribution in [2.24, 2.45) is 0 Å². The topological polar surface area (TPSA) is 66.8 Å². The van der Waals surface area contributed by atoms with Crippen molar-refractivity contribution in [2.75, 3.05) is 6.61 Å². The molecule has 0 amide bonds. The lowest BCUT2D eigenvalue weighted by atomic mass is 10.0. The van der Waals surface area contributed by atoms with Crippen LogP contribution in [0.15, 0.2) is 0 Å². The van der Waals surface area contributed by atoms with Gasteiger partial charge in [0.1, 0.15) is 0 Å². The number of rotatable bonds is 34. The molecule has 0 saturated heterocycles. The monoisotopic (exact) mass is 569 g/mol. The van der Waals surface area contributed by atoms with E-state index in [4.69, 9.17) is 4.74 Å². The molecule has 1 unspecified atom stereocenters. The van der Waals surface area contributed by atoms with Crippen LogP contribution in [0.1, 0.15) is 213 Å². The number of carbonyl (C=O) groups is 1. The molecule has 0 aliphatic rings. The van der Waals surface area contributed by atoms with Crippen molar-refractivity contribution < 1.29 is 19.7 Å². The smallest absolute Gasteiger partial charge is 0.364 e. The Kier molecular flexibility index (Phi) is 30.9. The van der Waals surface area contributed by atoms with Crippen LogP contribution in [0.2, 0.25) is 0 Å². The van der Waals surface area contributed by atoms with Crippen LogP contribution in [-0.4, -0.2) is 28.6 Å². The van der Waals surface area contributed by atoms with E-state index in [0.717, 1.165) is 25.7 Å². The molecule has 0 spiro atoms. The molecule has 0 aromatic rings. The first-order chi connectivity index (χ1) is 19.6. The Morgan fingerprint density at radius 1 is 0.450 bits per heavy atom. The highest BCUT2D eigenvalue weighted by molar-refractivity contribution is 5.75. The van der Waals surface area contributed by atoms with E-state index in [1.165, 1.54) is 161 Å². The van der Waals surface area contributed by atoms with Crippen molar-refractivity contribution in [3.05, 3.63) is 0 Å². The number of hydrogen-bond acceptors (Lipinski definition) is 3. The summed E-state index contributed by atoms with van der Waals surface area (Å²) >= 11 is 0. The van der Waals surface area contributed by atoms with E-state index in [0.29, 0.717) is 13.0 Å². The molecule has 0 aromatic heterocycles. The summed E-state index contributed by atoms with van der Waals surface area (Å²) in [7, 11) is 0. The predicted molar refractivity (Wildman–Crippen MR) is 173 cm³/mol. The fourth-order valence-electron chi connectivity index (χ4n) is 5.69. The Bertz CT molecular complexity index is 509. The first-order valence-electron chi connectivity index (χ1n) is 18.2. The Morgan fingerprint density at radius 3 is 0.975 bits per heavy atom. The summed E-state index contributed by atoms with van der Waals surface area (Å²) in [6.07, 6.45) is 38.7. The van der Waals surface area contributed by atoms with Crippen LogP contribution in [0.5, 0.6) is 0 Å². The molecule has 1 atom stereocenters. The average molecular weight is 569 g/mol. The number of unbranched alkanes of at least 4 members (excludes halogenated alkanes) is 28. The molecular formula is C36H72O4. The summed E-state index contributed by atoms with van der Waals surface area (Å²) < 4.78 is 5.48. The van der Waals surface area contributed by atoms with Crippen LogP contribution in [0.3, 0.4) is 0 Å². The number of ether oxygens (including phenoxy) is 1. The maximum absolute atomic E-state index is 11.6. The van der Waals surface area contributed by atoms with Crippen LogP contribution >= 0.6 is 0 Å². The van der Waals surface area contributed by atoms with Gasteiger partial charge in [0.05, 0.1) is 6.61 Å². The third-order valence-corrected chi connectivity index (χ3v) is 8.54. The molecule has 0 aliphatic heterocycles. The van der Waals surface area contributed by atoms with Crippen molar-refractivity contribution in [2.45, 2.75) is 219 Å². The molecular weight excluding hydrogens is 496 g/mol. The fraction of sp³-hybridized carbons (Fsp3) is 0.972. The van der Waals surface area contributed by atoms with Gasteiger partial charge >= 0.3 is 5.97 Å². The Labute approximate surface area is 250 Å². The molecule has 0 rings (SSSR count). The minimum absolute atomic E-state index is 0.194. The van der Waals surface area contributed by atoms with Gasteiger partial charge in [-0.25, -0.2) is 4.79 Å². The second-order valence-corrected chi connectivity index (χ2v) is 12.6. The van der Waals surface area contributed by atoms with E-state index >= 15 is 0 Å². The summed E-state index contributed by atoms with van der Waals surface area (Å²) in [5.41, 5.74) is 0. The zero-order chi connectivity index (χ0) is 29.4. The first kappa shape index (κ1) is 39.4. The Hall–Kier alpha value is -0.610. The van der Waals surface area contributed by atoms with Crippen LogP contribution in [0.4, 0.5) is 0 Å². The molecule has 2 N–H and O–H groups in total. The zero-order valence-corrected chi connectivity index (χ0v) is 27.3. The summed E-state index contributed by atoms with van der Waals surface area (Å²) in [6, 6.07) is 0. The van der Waals surface area contributed by atoms with Gasteiger partial charge in [0.15, 0.2) is 0 Å². The van der Waals surface area contributed by atoms with Gasteiger partial charge in [0.25, 0.3) is 5.79 Å². The summed E-state index contributed by atoms with van der Waals surface area (Å²) in [5.74, 6) is -3.24. The standard InChI is InChI=1S/C36H72O4/c1-3-5-7-9-11-13-15-17-19-20-22-24-26-28-30-32-34-40-36(39,35(37)38)33-31-29-27-25-23-21-18-16-14-12-10-8-6-4-2/h39H,3-34H2,1-2H3,(H,37,38). The second kappa shape index (κ2) is 31.3. The fourth-order valence-corrected chi connectivity index (χ4v) is 5.69. The van der Waals surface area contributed by atoms with Gasteiger partial charge in [0.2, 0.25) is 0 Å². The lowest BCUT2D eigenvalue weighted by Crippen LogP contribution is -2.41. The normalized spacial score (nSPS) is 13.1. The highest BCUT2D eigenvalue weighted by atomic mass is 16.6. The largest absolute Gasteiger partial charge is 0.477 e. The molecule has 0 bridgehead atoms. The maximum Gasteiger partial charge on any atom is 0.364 e. The molecule has 0 fully saturated rings. The van der Waals surface area contributed by atoms with E-state index in [-0.39, 0.29) is 6.42 Å². The van der Waals surface area contributed by atoms with Crippen LogP contribution in [0, 0.1) is 0 Å². The van der Waals surface area contributed by atoms with E-state index in [1.807, 2.05) is 0 Å². The molecule has 240 valence electrons. The van der Waals surface area contributed by atoms with Crippen molar-refractivity contribution >= 4 is 5.97 Å². The minimum atomic E-state index is -2.01. The van der Waals surface area contributed by atoms with Crippen LogP contribution in [0.25, 0.3) is 0 Å². The third kappa shape index (κ3) is 27.6. The van der Waals surface area contributed by atoms with E-state index in [2.05, 4.69) is 13.8 Å². The number of aliphatic hydroxyl groups is 1.